The van der Waals surface area contributed by atoms with E-state index in [0.29, 0.717) is 12.1 Å². The van der Waals surface area contributed by atoms with Crippen LogP contribution in [0, 0.1) is 11.3 Å². The summed E-state index contributed by atoms with van der Waals surface area (Å²) in [6.45, 7) is 1.88. The van der Waals surface area contributed by atoms with Crippen molar-refractivity contribution in [2.75, 3.05) is 0 Å². The van der Waals surface area contributed by atoms with Gasteiger partial charge in [-0.05, 0) is 12.8 Å². The summed E-state index contributed by atoms with van der Waals surface area (Å²) in [4.78, 5) is 10.7. The van der Waals surface area contributed by atoms with Crippen molar-refractivity contribution in [2.45, 2.75) is 19.8 Å². The zero-order chi connectivity index (χ0) is 6.15. The van der Waals surface area contributed by atoms with Gasteiger partial charge in [-0.15, -0.1) is 0 Å². The van der Waals surface area contributed by atoms with Crippen LogP contribution in [0.1, 0.15) is 19.8 Å². The summed E-state index contributed by atoms with van der Waals surface area (Å²) in [5, 5.41) is 7.04. The highest BCUT2D eigenvalue weighted by Crippen LogP contribution is 2.16. The monoisotopic (exact) mass is 111 g/mol. The molecule has 1 fully saturated rings. The molecule has 8 heavy (non-hydrogen) atoms. The average Bonchev–Trinajstić information content (AvgIpc) is 1.98. The number of nitrogens with one attached hydrogen (secondary N) is 1. The van der Waals surface area contributed by atoms with E-state index in [4.69, 9.17) is 5.41 Å². The number of carbonyl (C=O) groups is 1. The van der Waals surface area contributed by atoms with Crippen molar-refractivity contribution in [2.24, 2.45) is 5.92 Å². The van der Waals surface area contributed by atoms with Crippen LogP contribution in [0.15, 0.2) is 0 Å². The number of hydrogen-bond donors (Lipinski definition) is 1. The second-order valence-electron chi connectivity index (χ2n) is 2.28. The van der Waals surface area contributed by atoms with Crippen molar-refractivity contribution in [1.29, 1.82) is 5.41 Å². The van der Waals surface area contributed by atoms with Gasteiger partial charge in [0.05, 0.1) is 5.71 Å². The van der Waals surface area contributed by atoms with E-state index in [1.54, 1.807) is 0 Å². The molecule has 1 rings (SSSR count). The van der Waals surface area contributed by atoms with Crippen molar-refractivity contribution < 1.29 is 4.79 Å². The third-order valence-electron chi connectivity index (χ3n) is 1.57. The van der Waals surface area contributed by atoms with Crippen LogP contribution in [0.3, 0.4) is 0 Å². The first kappa shape index (κ1) is 5.48. The number of rotatable bonds is 0. The summed E-state index contributed by atoms with van der Waals surface area (Å²) in [6.07, 6.45) is 1.58. The van der Waals surface area contributed by atoms with Gasteiger partial charge >= 0.3 is 0 Å². The zero-order valence-corrected chi connectivity index (χ0v) is 4.90. The van der Waals surface area contributed by atoms with E-state index in [0.717, 1.165) is 6.42 Å². The van der Waals surface area contributed by atoms with Crippen LogP contribution < -0.4 is 0 Å². The Balaban J connectivity index is 2.71. The smallest absolute Gasteiger partial charge is 0.179 e. The normalized spacial score (nSPS) is 29.4. The van der Waals surface area contributed by atoms with E-state index in [-0.39, 0.29) is 11.7 Å². The van der Waals surface area contributed by atoms with Gasteiger partial charge in [0.2, 0.25) is 0 Å². The fourth-order valence-corrected chi connectivity index (χ4v) is 0.913. The van der Waals surface area contributed by atoms with Crippen molar-refractivity contribution in [3.8, 4) is 0 Å². The molecule has 0 spiro atoms. The summed E-state index contributed by atoms with van der Waals surface area (Å²) in [5.74, 6) is 0.174. The summed E-state index contributed by atoms with van der Waals surface area (Å²) in [5.41, 5.74) is 0.317. The highest BCUT2D eigenvalue weighted by Gasteiger charge is 2.24. The lowest BCUT2D eigenvalue weighted by Gasteiger charge is -1.91. The molecule has 0 bridgehead atoms. The lowest BCUT2D eigenvalue weighted by atomic mass is 10.1. The fourth-order valence-electron chi connectivity index (χ4n) is 0.913. The first-order valence-corrected chi connectivity index (χ1v) is 2.83. The van der Waals surface area contributed by atoms with Crippen LogP contribution in [0.25, 0.3) is 0 Å². The van der Waals surface area contributed by atoms with Gasteiger partial charge in [-0.2, -0.15) is 0 Å². The minimum Gasteiger partial charge on any atom is -0.302 e. The highest BCUT2D eigenvalue weighted by molar-refractivity contribution is 6.41. The quantitative estimate of drug-likeness (QED) is 0.498. The lowest BCUT2D eigenvalue weighted by Crippen LogP contribution is -2.08. The lowest BCUT2D eigenvalue weighted by molar-refractivity contribution is -0.115. The Morgan fingerprint density at radius 1 is 1.75 bits per heavy atom. The third-order valence-corrected chi connectivity index (χ3v) is 1.57. The molecule has 0 aromatic heterocycles. The van der Waals surface area contributed by atoms with Gasteiger partial charge < -0.3 is 5.41 Å². The molecule has 0 aromatic rings. The summed E-state index contributed by atoms with van der Waals surface area (Å²) in [7, 11) is 0. The predicted molar refractivity (Wildman–Crippen MR) is 31.1 cm³/mol. The molecule has 1 atom stereocenters. The Morgan fingerprint density at radius 3 is 2.50 bits per heavy atom. The largest absolute Gasteiger partial charge is 0.302 e. The molecular weight excluding hydrogens is 102 g/mol. The molecule has 0 heterocycles. The van der Waals surface area contributed by atoms with Crippen molar-refractivity contribution in [3.63, 3.8) is 0 Å². The van der Waals surface area contributed by atoms with Gasteiger partial charge in [-0.25, -0.2) is 0 Å². The van der Waals surface area contributed by atoms with E-state index in [1.165, 1.54) is 0 Å². The van der Waals surface area contributed by atoms with Crippen LogP contribution >= 0.6 is 0 Å². The van der Waals surface area contributed by atoms with Gasteiger partial charge in [-0.3, -0.25) is 4.79 Å². The van der Waals surface area contributed by atoms with Crippen molar-refractivity contribution in [1.82, 2.24) is 0 Å². The molecule has 0 saturated heterocycles. The van der Waals surface area contributed by atoms with E-state index in [9.17, 15) is 4.79 Å². The molecule has 0 aliphatic heterocycles. The SMILES string of the molecule is CC1CCC(=N)C1=O. The minimum atomic E-state index is 0.0463. The number of carbonyl (C=O) groups excluding carboxylic acids is 1. The number of hydrogen-bond acceptors (Lipinski definition) is 2. The summed E-state index contributed by atoms with van der Waals surface area (Å²) in [6, 6.07) is 0. The first-order chi connectivity index (χ1) is 3.72. The molecule has 1 aliphatic carbocycles. The standard InChI is InChI=1S/C6H9NO/c1-4-2-3-5(7)6(4)8/h4,7H,2-3H2,1H3. The fraction of sp³-hybridized carbons (Fsp3) is 0.667. The minimum absolute atomic E-state index is 0.0463. The van der Waals surface area contributed by atoms with Gasteiger partial charge in [0.25, 0.3) is 0 Å². The third kappa shape index (κ3) is 0.661. The Morgan fingerprint density at radius 2 is 2.38 bits per heavy atom. The van der Waals surface area contributed by atoms with Crippen LogP contribution in [0.2, 0.25) is 0 Å². The molecule has 2 nitrogen and oxygen atoms in total. The Kier molecular flexibility index (Phi) is 1.16. The van der Waals surface area contributed by atoms with E-state index >= 15 is 0 Å². The second kappa shape index (κ2) is 1.69. The van der Waals surface area contributed by atoms with Gasteiger partial charge in [-0.1, -0.05) is 6.92 Å². The van der Waals surface area contributed by atoms with E-state index in [2.05, 4.69) is 0 Å². The average molecular weight is 111 g/mol. The molecule has 0 amide bonds. The molecule has 2 heteroatoms. The van der Waals surface area contributed by atoms with E-state index < -0.39 is 0 Å². The van der Waals surface area contributed by atoms with Gasteiger partial charge in [0.1, 0.15) is 0 Å². The molecule has 0 aromatic carbocycles. The molecule has 1 N–H and O–H groups in total. The van der Waals surface area contributed by atoms with Crippen LogP contribution in [-0.2, 0) is 4.79 Å². The Hall–Kier alpha value is -0.660. The molecule has 1 saturated carbocycles. The topological polar surface area (TPSA) is 40.9 Å². The summed E-state index contributed by atoms with van der Waals surface area (Å²) < 4.78 is 0. The molecule has 1 unspecified atom stereocenters. The maximum absolute atomic E-state index is 10.7. The number of ketones is 1. The molecule has 0 radical (unpaired) electrons. The molecule has 1 aliphatic rings. The Bertz CT molecular complexity index is 139. The summed E-state index contributed by atoms with van der Waals surface area (Å²) >= 11 is 0. The van der Waals surface area contributed by atoms with Gasteiger partial charge in [0, 0.05) is 5.92 Å². The predicted octanol–water partition coefficient (Wildman–Crippen LogP) is 1.01. The maximum Gasteiger partial charge on any atom is 0.179 e. The van der Waals surface area contributed by atoms with Crippen LogP contribution in [0.5, 0.6) is 0 Å². The van der Waals surface area contributed by atoms with Crippen LogP contribution in [0.4, 0.5) is 0 Å². The maximum atomic E-state index is 10.7. The number of Topliss-reactive ketones (excluding diaryl/α,β-unsaturated/α-hetero) is 1. The zero-order valence-electron chi connectivity index (χ0n) is 4.90. The molecular formula is C6H9NO. The highest BCUT2D eigenvalue weighted by atomic mass is 16.1. The Labute approximate surface area is 48.4 Å². The van der Waals surface area contributed by atoms with Crippen molar-refractivity contribution in [3.05, 3.63) is 0 Å². The van der Waals surface area contributed by atoms with Gasteiger partial charge in [0.15, 0.2) is 5.78 Å². The van der Waals surface area contributed by atoms with Crippen molar-refractivity contribution >= 4 is 11.5 Å². The second-order valence-corrected chi connectivity index (χ2v) is 2.28. The van der Waals surface area contributed by atoms with E-state index in [1.807, 2.05) is 6.92 Å². The van der Waals surface area contributed by atoms with Crippen LogP contribution in [-0.4, -0.2) is 11.5 Å². The first-order valence-electron chi connectivity index (χ1n) is 2.83. The molecule has 44 valence electrons.